The van der Waals surface area contributed by atoms with Gasteiger partial charge in [-0.3, -0.25) is 9.59 Å². The molecule has 1 N–H and O–H groups in total. The zero-order valence-corrected chi connectivity index (χ0v) is 20.1. The molecule has 1 saturated heterocycles. The highest BCUT2D eigenvalue weighted by molar-refractivity contribution is 7.59. The van der Waals surface area contributed by atoms with Crippen molar-refractivity contribution >= 4 is 56.5 Å². The summed E-state index contributed by atoms with van der Waals surface area (Å²) in [6.07, 6.45) is 4.17. The SMILES string of the molecule is CC(C)C[C@H]1CN(C(=O)/C=C/c2ccc(Cl)cc2F)[C@@H](CC(C)C)C(=O)N1.S.S. The second kappa shape index (κ2) is 12.5. The Balaban J connectivity index is 0.00000392. The predicted molar refractivity (Wildman–Crippen MR) is 128 cm³/mol. The minimum Gasteiger partial charge on any atom is -0.350 e. The van der Waals surface area contributed by atoms with E-state index in [4.69, 9.17) is 11.6 Å². The van der Waals surface area contributed by atoms with Gasteiger partial charge in [0.05, 0.1) is 0 Å². The van der Waals surface area contributed by atoms with Crippen molar-refractivity contribution in [2.75, 3.05) is 6.54 Å². The Hall–Kier alpha value is -1.18. The van der Waals surface area contributed by atoms with Crippen LogP contribution in [0.5, 0.6) is 0 Å². The number of carbonyl (C=O) groups is 2. The lowest BCUT2D eigenvalue weighted by molar-refractivity contribution is -0.142. The highest BCUT2D eigenvalue weighted by atomic mass is 35.5. The van der Waals surface area contributed by atoms with Crippen LogP contribution in [0.4, 0.5) is 4.39 Å². The molecule has 0 unspecified atom stereocenters. The van der Waals surface area contributed by atoms with E-state index < -0.39 is 11.9 Å². The number of nitrogens with zero attached hydrogens (tertiary/aromatic N) is 1. The average molecular weight is 463 g/mol. The minimum absolute atomic E-state index is 0. The summed E-state index contributed by atoms with van der Waals surface area (Å²) in [5, 5.41) is 3.35. The molecule has 2 amide bonds. The molecule has 2 atom stereocenters. The number of amides is 2. The zero-order chi connectivity index (χ0) is 20.1. The monoisotopic (exact) mass is 462 g/mol. The van der Waals surface area contributed by atoms with Crippen molar-refractivity contribution in [1.29, 1.82) is 0 Å². The van der Waals surface area contributed by atoms with Gasteiger partial charge in [0, 0.05) is 29.2 Å². The quantitative estimate of drug-likeness (QED) is 0.632. The Morgan fingerprint density at radius 3 is 2.41 bits per heavy atom. The molecule has 164 valence electrons. The lowest BCUT2D eigenvalue weighted by Gasteiger charge is -2.40. The Morgan fingerprint density at radius 2 is 1.86 bits per heavy atom. The summed E-state index contributed by atoms with van der Waals surface area (Å²) in [5.74, 6) is -0.194. The van der Waals surface area contributed by atoms with Crippen molar-refractivity contribution in [3.05, 3.63) is 40.7 Å². The largest absolute Gasteiger partial charge is 0.350 e. The van der Waals surface area contributed by atoms with Gasteiger partial charge in [0.25, 0.3) is 0 Å². The number of hydrogen-bond acceptors (Lipinski definition) is 2. The highest BCUT2D eigenvalue weighted by Crippen LogP contribution is 2.21. The van der Waals surface area contributed by atoms with Gasteiger partial charge in [-0.15, -0.1) is 0 Å². The molecule has 1 fully saturated rings. The van der Waals surface area contributed by atoms with Crippen molar-refractivity contribution in [1.82, 2.24) is 10.2 Å². The Morgan fingerprint density at radius 1 is 1.24 bits per heavy atom. The number of hydrogen-bond donors (Lipinski definition) is 1. The van der Waals surface area contributed by atoms with E-state index in [2.05, 4.69) is 19.2 Å². The molecule has 0 radical (unpaired) electrons. The summed E-state index contributed by atoms with van der Waals surface area (Å²) in [4.78, 5) is 27.0. The number of rotatable bonds is 6. The summed E-state index contributed by atoms with van der Waals surface area (Å²) in [6.45, 7) is 8.68. The van der Waals surface area contributed by atoms with Gasteiger partial charge >= 0.3 is 0 Å². The highest BCUT2D eigenvalue weighted by Gasteiger charge is 2.36. The van der Waals surface area contributed by atoms with Gasteiger partial charge in [-0.25, -0.2) is 4.39 Å². The molecule has 0 bridgehead atoms. The second-order valence-corrected chi connectivity index (χ2v) is 8.41. The Labute approximate surface area is 192 Å². The number of benzene rings is 1. The summed E-state index contributed by atoms with van der Waals surface area (Å²) in [6, 6.07) is 3.74. The van der Waals surface area contributed by atoms with Gasteiger partial charge in [-0.2, -0.15) is 27.0 Å². The summed E-state index contributed by atoms with van der Waals surface area (Å²) in [7, 11) is 0. The standard InChI is InChI=1S/C21H28ClFN2O2.2H2S/c1-13(2)9-17-12-25(19(10-14(3)4)21(27)24-17)20(26)8-6-15-5-7-16(22)11-18(15)23;;/h5-8,11,13-14,17,19H,9-10,12H2,1-4H3,(H,24,27);2*1H2/b8-6+;;/t17-,19-;;/m0../s1. The van der Waals surface area contributed by atoms with Crippen LogP contribution in [0.15, 0.2) is 24.3 Å². The van der Waals surface area contributed by atoms with Crippen LogP contribution in [0, 0.1) is 17.7 Å². The third kappa shape index (κ3) is 8.22. The van der Waals surface area contributed by atoms with Gasteiger partial charge in [0.15, 0.2) is 0 Å². The Kier molecular flexibility index (Phi) is 12.0. The topological polar surface area (TPSA) is 49.4 Å². The van der Waals surface area contributed by atoms with Crippen LogP contribution in [-0.2, 0) is 9.59 Å². The number of nitrogens with one attached hydrogen (secondary N) is 1. The maximum Gasteiger partial charge on any atom is 0.247 e. The normalized spacial score (nSPS) is 19.2. The molecule has 1 aliphatic rings. The first-order valence-corrected chi connectivity index (χ1v) is 9.79. The molecular weight excluding hydrogens is 431 g/mol. The smallest absolute Gasteiger partial charge is 0.247 e. The Bertz CT molecular complexity index is 729. The molecule has 0 aromatic heterocycles. The van der Waals surface area contributed by atoms with Crippen molar-refractivity contribution < 1.29 is 14.0 Å². The van der Waals surface area contributed by atoms with E-state index in [1.807, 2.05) is 13.8 Å². The van der Waals surface area contributed by atoms with Crippen molar-refractivity contribution in [3.8, 4) is 0 Å². The average Bonchev–Trinajstić information content (AvgIpc) is 2.55. The predicted octanol–water partition coefficient (Wildman–Crippen LogP) is 4.51. The van der Waals surface area contributed by atoms with E-state index in [9.17, 15) is 14.0 Å². The van der Waals surface area contributed by atoms with Crippen LogP contribution in [0.1, 0.15) is 46.1 Å². The molecule has 1 heterocycles. The third-order valence-corrected chi connectivity index (χ3v) is 4.78. The number of carbonyl (C=O) groups excluding carboxylic acids is 2. The van der Waals surface area contributed by atoms with Crippen molar-refractivity contribution in [2.45, 2.75) is 52.6 Å². The van der Waals surface area contributed by atoms with E-state index in [1.165, 1.54) is 24.3 Å². The van der Waals surface area contributed by atoms with Gasteiger partial charge in [-0.1, -0.05) is 45.4 Å². The fourth-order valence-corrected chi connectivity index (χ4v) is 3.53. The molecule has 4 nitrogen and oxygen atoms in total. The fourth-order valence-electron chi connectivity index (χ4n) is 3.37. The molecule has 8 heteroatoms. The zero-order valence-electron chi connectivity index (χ0n) is 17.3. The van der Waals surface area contributed by atoms with Crippen molar-refractivity contribution in [3.63, 3.8) is 0 Å². The second-order valence-electron chi connectivity index (χ2n) is 7.97. The molecule has 0 aliphatic carbocycles. The van der Waals surface area contributed by atoms with E-state index >= 15 is 0 Å². The summed E-state index contributed by atoms with van der Waals surface area (Å²) < 4.78 is 13.9. The summed E-state index contributed by atoms with van der Waals surface area (Å²) >= 11 is 5.76. The fraction of sp³-hybridized carbons (Fsp3) is 0.524. The van der Waals surface area contributed by atoms with Crippen LogP contribution in [-0.4, -0.2) is 35.3 Å². The van der Waals surface area contributed by atoms with Crippen LogP contribution in [0.3, 0.4) is 0 Å². The third-order valence-electron chi connectivity index (χ3n) is 4.54. The van der Waals surface area contributed by atoms with Crippen molar-refractivity contribution in [2.24, 2.45) is 11.8 Å². The molecule has 0 spiro atoms. The molecule has 0 saturated carbocycles. The van der Waals surface area contributed by atoms with Gasteiger partial charge in [-0.05, 0) is 42.9 Å². The number of piperazine rings is 1. The maximum absolute atomic E-state index is 13.9. The molecule has 2 rings (SSSR count). The summed E-state index contributed by atoms with van der Waals surface area (Å²) in [5.41, 5.74) is 0.286. The molecule has 29 heavy (non-hydrogen) atoms. The molecular formula is C21H32ClFN2O2S2. The minimum atomic E-state index is -0.499. The molecule has 1 aromatic carbocycles. The maximum atomic E-state index is 13.9. The van der Waals surface area contributed by atoms with Gasteiger partial charge in [0.2, 0.25) is 11.8 Å². The molecule has 1 aromatic rings. The van der Waals surface area contributed by atoms with E-state index in [1.54, 1.807) is 11.0 Å². The molecule has 1 aliphatic heterocycles. The van der Waals surface area contributed by atoms with E-state index in [-0.39, 0.29) is 56.3 Å². The van der Waals surface area contributed by atoms with Crippen LogP contribution in [0.2, 0.25) is 5.02 Å². The first kappa shape index (κ1) is 27.8. The van der Waals surface area contributed by atoms with Crippen LogP contribution in [0.25, 0.3) is 6.08 Å². The van der Waals surface area contributed by atoms with Gasteiger partial charge in [0.1, 0.15) is 11.9 Å². The van der Waals surface area contributed by atoms with Gasteiger partial charge < -0.3 is 10.2 Å². The van der Waals surface area contributed by atoms with Crippen LogP contribution < -0.4 is 5.32 Å². The first-order valence-electron chi connectivity index (χ1n) is 9.41. The lowest BCUT2D eigenvalue weighted by atomic mass is 9.95. The first-order chi connectivity index (χ1) is 12.7. The van der Waals surface area contributed by atoms with E-state index in [0.717, 1.165) is 6.42 Å². The lowest BCUT2D eigenvalue weighted by Crippen LogP contribution is -2.61. The van der Waals surface area contributed by atoms with Crippen LogP contribution >= 0.6 is 38.6 Å². The number of halogens is 2. The van der Waals surface area contributed by atoms with E-state index in [0.29, 0.717) is 23.9 Å².